The van der Waals surface area contributed by atoms with Gasteiger partial charge in [0.25, 0.3) is 10.0 Å². The van der Waals surface area contributed by atoms with Crippen molar-refractivity contribution in [3.05, 3.63) is 47.3 Å². The van der Waals surface area contributed by atoms with Crippen LogP contribution >= 0.6 is 0 Å². The zero-order chi connectivity index (χ0) is 17.9. The fraction of sp³-hybridized carbons (Fsp3) is 0.353. The maximum atomic E-state index is 12.5. The molecule has 0 amide bonds. The van der Waals surface area contributed by atoms with Gasteiger partial charge in [-0.3, -0.25) is 4.72 Å². The molecule has 0 aliphatic carbocycles. The number of ether oxygens (including phenoxy) is 1. The van der Waals surface area contributed by atoms with Gasteiger partial charge in [0, 0.05) is 5.69 Å². The van der Waals surface area contributed by atoms with E-state index in [-0.39, 0.29) is 16.3 Å². The quantitative estimate of drug-likeness (QED) is 0.781. The summed E-state index contributed by atoms with van der Waals surface area (Å²) in [5.41, 5.74) is 1.99. The number of sulfonamides is 1. The maximum Gasteiger partial charge on any atom is 0.356 e. The Morgan fingerprint density at radius 1 is 1.29 bits per heavy atom. The second-order valence-corrected chi connectivity index (χ2v) is 7.40. The van der Waals surface area contributed by atoms with Crippen LogP contribution in [0.1, 0.15) is 47.9 Å². The minimum atomic E-state index is -3.79. The van der Waals surface area contributed by atoms with Crippen LogP contribution in [0.5, 0.6) is 0 Å². The van der Waals surface area contributed by atoms with E-state index in [0.717, 1.165) is 12.0 Å². The van der Waals surface area contributed by atoms with Gasteiger partial charge in [-0.15, -0.1) is 0 Å². The lowest BCUT2D eigenvalue weighted by Gasteiger charge is -2.11. The number of anilines is 1. The Balaban J connectivity index is 2.31. The third-order valence-corrected chi connectivity index (χ3v) is 5.34. The van der Waals surface area contributed by atoms with Crippen LogP contribution in [0.25, 0.3) is 0 Å². The zero-order valence-electron chi connectivity index (χ0n) is 14.2. The Morgan fingerprint density at radius 2 is 1.92 bits per heavy atom. The van der Waals surface area contributed by atoms with E-state index >= 15 is 0 Å². The summed E-state index contributed by atoms with van der Waals surface area (Å²) in [6.07, 6.45) is 0.982. The molecule has 0 saturated heterocycles. The fourth-order valence-corrected chi connectivity index (χ4v) is 3.41. The predicted molar refractivity (Wildman–Crippen MR) is 92.8 cm³/mol. The highest BCUT2D eigenvalue weighted by atomic mass is 32.2. The number of aromatic amines is 1. The normalized spacial score (nSPS) is 12.7. The smallest absolute Gasteiger partial charge is 0.356 e. The Bertz CT molecular complexity index is 823. The number of hydrogen-bond donors (Lipinski definition) is 2. The number of rotatable bonds is 6. The molecule has 0 saturated carbocycles. The van der Waals surface area contributed by atoms with Crippen molar-refractivity contribution < 1.29 is 17.9 Å². The van der Waals surface area contributed by atoms with Gasteiger partial charge in [-0.1, -0.05) is 26.0 Å². The van der Waals surface area contributed by atoms with E-state index in [0.29, 0.717) is 11.6 Å². The Hall–Kier alpha value is -2.28. The van der Waals surface area contributed by atoms with Crippen LogP contribution in [0, 0.1) is 6.92 Å². The second-order valence-electron chi connectivity index (χ2n) is 5.72. The van der Waals surface area contributed by atoms with Gasteiger partial charge in [0.05, 0.1) is 17.7 Å². The van der Waals surface area contributed by atoms with Gasteiger partial charge in [0.2, 0.25) is 0 Å². The van der Waals surface area contributed by atoms with Gasteiger partial charge in [0.15, 0.2) is 0 Å². The molecule has 0 bridgehead atoms. The number of hydrogen-bond acceptors (Lipinski definition) is 4. The second kappa shape index (κ2) is 7.09. The SMILES string of the molecule is CCC(C)c1ccc(S(=O)(=O)Nc2cc(C)[nH]c2C(=O)OC)cc1. The standard InChI is InChI=1S/C17H22N2O4S/c1-5-11(2)13-6-8-14(9-7-13)24(21,22)19-15-10-12(3)18-16(15)17(20)23-4/h6-11,18-19H,5H2,1-4H3. The van der Waals surface area contributed by atoms with Crippen molar-refractivity contribution in [2.24, 2.45) is 0 Å². The molecule has 130 valence electrons. The molecule has 1 unspecified atom stereocenters. The number of aromatic nitrogens is 1. The molecule has 0 spiro atoms. The van der Waals surface area contributed by atoms with Crippen LogP contribution in [0.3, 0.4) is 0 Å². The summed E-state index contributed by atoms with van der Waals surface area (Å²) in [4.78, 5) is 14.7. The first-order valence-electron chi connectivity index (χ1n) is 7.69. The van der Waals surface area contributed by atoms with Crippen molar-refractivity contribution in [3.63, 3.8) is 0 Å². The summed E-state index contributed by atoms with van der Waals surface area (Å²) in [6, 6.07) is 8.32. The highest BCUT2D eigenvalue weighted by Gasteiger charge is 2.21. The number of carbonyl (C=O) groups is 1. The molecule has 7 heteroatoms. The summed E-state index contributed by atoms with van der Waals surface area (Å²) in [5.74, 6) is -0.263. The Labute approximate surface area is 142 Å². The molecular weight excluding hydrogens is 328 g/mol. The lowest BCUT2D eigenvalue weighted by atomic mass is 9.99. The van der Waals surface area contributed by atoms with E-state index in [1.165, 1.54) is 7.11 Å². The molecule has 24 heavy (non-hydrogen) atoms. The number of nitrogens with one attached hydrogen (secondary N) is 2. The minimum Gasteiger partial charge on any atom is -0.464 e. The summed E-state index contributed by atoms with van der Waals surface area (Å²) in [5, 5.41) is 0. The van der Waals surface area contributed by atoms with Gasteiger partial charge in [-0.2, -0.15) is 0 Å². The molecule has 6 nitrogen and oxygen atoms in total. The summed E-state index contributed by atoms with van der Waals surface area (Å²) in [7, 11) is -2.55. The number of H-pyrrole nitrogens is 1. The van der Waals surface area contributed by atoms with Gasteiger partial charge < -0.3 is 9.72 Å². The van der Waals surface area contributed by atoms with E-state index < -0.39 is 16.0 Å². The molecule has 1 aromatic carbocycles. The highest BCUT2D eigenvalue weighted by molar-refractivity contribution is 7.92. The number of esters is 1. The molecular formula is C17H22N2O4S. The predicted octanol–water partition coefficient (Wildman–Crippen LogP) is 3.42. The van der Waals surface area contributed by atoms with Crippen LogP contribution in [0.15, 0.2) is 35.2 Å². The number of methoxy groups -OCH3 is 1. The third-order valence-electron chi connectivity index (χ3n) is 3.96. The van der Waals surface area contributed by atoms with Crippen LogP contribution in [-0.2, 0) is 14.8 Å². The number of carbonyl (C=O) groups excluding carboxylic acids is 1. The summed E-state index contributed by atoms with van der Waals surface area (Å²) < 4.78 is 32.2. The summed E-state index contributed by atoms with van der Waals surface area (Å²) in [6.45, 7) is 5.90. The van der Waals surface area contributed by atoms with Crippen molar-refractivity contribution in [3.8, 4) is 0 Å². The van der Waals surface area contributed by atoms with Gasteiger partial charge >= 0.3 is 5.97 Å². The lowest BCUT2D eigenvalue weighted by molar-refractivity contribution is 0.0596. The largest absolute Gasteiger partial charge is 0.464 e. The van der Waals surface area contributed by atoms with E-state index in [2.05, 4.69) is 28.3 Å². The van der Waals surface area contributed by atoms with E-state index in [1.54, 1.807) is 25.1 Å². The lowest BCUT2D eigenvalue weighted by Crippen LogP contribution is -2.15. The van der Waals surface area contributed by atoms with E-state index in [1.807, 2.05) is 12.1 Å². The molecule has 1 atom stereocenters. The van der Waals surface area contributed by atoms with Crippen LogP contribution in [0.4, 0.5) is 5.69 Å². The van der Waals surface area contributed by atoms with Crippen LogP contribution in [0.2, 0.25) is 0 Å². The number of aryl methyl sites for hydroxylation is 1. The molecule has 2 aromatic rings. The highest BCUT2D eigenvalue weighted by Crippen LogP contribution is 2.24. The van der Waals surface area contributed by atoms with Crippen molar-refractivity contribution in [2.45, 2.75) is 38.0 Å². The molecule has 0 aliphatic heterocycles. The van der Waals surface area contributed by atoms with E-state index in [9.17, 15) is 13.2 Å². The topological polar surface area (TPSA) is 88.3 Å². The first-order chi connectivity index (χ1) is 11.3. The average molecular weight is 350 g/mol. The first-order valence-corrected chi connectivity index (χ1v) is 9.17. The molecule has 0 radical (unpaired) electrons. The van der Waals surface area contributed by atoms with Crippen LogP contribution < -0.4 is 4.72 Å². The van der Waals surface area contributed by atoms with Gasteiger partial charge in [0.1, 0.15) is 5.69 Å². The third kappa shape index (κ3) is 3.79. The van der Waals surface area contributed by atoms with Gasteiger partial charge in [-0.05, 0) is 43.0 Å². The average Bonchev–Trinajstić information content (AvgIpc) is 2.93. The molecule has 2 rings (SSSR count). The van der Waals surface area contributed by atoms with E-state index in [4.69, 9.17) is 0 Å². The molecule has 1 aromatic heterocycles. The summed E-state index contributed by atoms with van der Waals surface area (Å²) >= 11 is 0. The number of benzene rings is 1. The monoisotopic (exact) mass is 350 g/mol. The molecule has 0 aliphatic rings. The Kier molecular flexibility index (Phi) is 5.33. The van der Waals surface area contributed by atoms with Crippen molar-refractivity contribution in [2.75, 3.05) is 11.8 Å². The fourth-order valence-electron chi connectivity index (χ4n) is 2.35. The molecule has 0 fully saturated rings. The first kappa shape index (κ1) is 18.1. The maximum absolute atomic E-state index is 12.5. The van der Waals surface area contributed by atoms with Gasteiger partial charge in [-0.25, -0.2) is 13.2 Å². The zero-order valence-corrected chi connectivity index (χ0v) is 15.0. The van der Waals surface area contributed by atoms with Crippen molar-refractivity contribution >= 4 is 21.7 Å². The minimum absolute atomic E-state index is 0.0785. The molecule has 1 heterocycles. The Morgan fingerprint density at radius 3 is 2.46 bits per heavy atom. The van der Waals surface area contributed by atoms with Crippen LogP contribution in [-0.4, -0.2) is 26.5 Å². The van der Waals surface area contributed by atoms with Crippen molar-refractivity contribution in [1.29, 1.82) is 0 Å². The molecule has 2 N–H and O–H groups in total. The van der Waals surface area contributed by atoms with Crippen molar-refractivity contribution in [1.82, 2.24) is 4.98 Å².